The second-order valence-corrected chi connectivity index (χ2v) is 5.20. The molecular weight excluding hydrogens is 176 g/mol. The van der Waals surface area contributed by atoms with E-state index in [2.05, 4.69) is 31.1 Å². The average Bonchev–Trinajstić information content (AvgIpc) is 2.80. The van der Waals surface area contributed by atoms with Gasteiger partial charge in [0.2, 0.25) is 5.91 Å². The lowest BCUT2D eigenvalue weighted by atomic mass is 9.91. The van der Waals surface area contributed by atoms with E-state index in [1.54, 1.807) is 0 Å². The van der Waals surface area contributed by atoms with Crippen LogP contribution in [0.5, 0.6) is 0 Å². The fraction of sp³-hybridized carbons (Fsp3) is 0.909. The molecule has 0 aromatic carbocycles. The summed E-state index contributed by atoms with van der Waals surface area (Å²) in [5.74, 6) is 0.783. The van der Waals surface area contributed by atoms with Gasteiger partial charge in [-0.15, -0.1) is 0 Å². The Morgan fingerprint density at radius 1 is 1.43 bits per heavy atom. The molecule has 0 radical (unpaired) electrons. The molecule has 0 bridgehead atoms. The van der Waals surface area contributed by atoms with Crippen molar-refractivity contribution in [3.63, 3.8) is 0 Å². The number of carbonyl (C=O) groups is 1. The third kappa shape index (κ3) is 1.54. The number of carbonyl (C=O) groups excluding carboxylic acids is 1. The summed E-state index contributed by atoms with van der Waals surface area (Å²) < 4.78 is 0. The van der Waals surface area contributed by atoms with Crippen LogP contribution in [0.2, 0.25) is 0 Å². The molecule has 80 valence electrons. The number of rotatable bonds is 3. The Hall–Kier alpha value is -0.570. The van der Waals surface area contributed by atoms with Crippen LogP contribution in [-0.2, 0) is 4.79 Å². The van der Waals surface area contributed by atoms with E-state index >= 15 is 0 Å². The number of hydrogen-bond acceptors (Lipinski definition) is 2. The van der Waals surface area contributed by atoms with Crippen LogP contribution in [0, 0.1) is 11.3 Å². The molecule has 0 spiro atoms. The zero-order valence-electron chi connectivity index (χ0n) is 9.34. The number of nitrogens with one attached hydrogen (secondary N) is 1. The minimum absolute atomic E-state index is 0.00579. The van der Waals surface area contributed by atoms with Crippen LogP contribution >= 0.6 is 0 Å². The quantitative estimate of drug-likeness (QED) is 0.726. The molecule has 1 N–H and O–H groups in total. The summed E-state index contributed by atoms with van der Waals surface area (Å²) in [5.41, 5.74) is -0.00579. The average molecular weight is 196 g/mol. The Balaban J connectivity index is 1.84. The molecule has 3 nitrogen and oxygen atoms in total. The number of nitrogens with zero attached hydrogens (tertiary/aromatic N) is 1. The summed E-state index contributed by atoms with van der Waals surface area (Å²) in [6.45, 7) is 6.33. The number of amides is 1. The van der Waals surface area contributed by atoms with Gasteiger partial charge in [-0.05, 0) is 25.8 Å². The lowest BCUT2D eigenvalue weighted by Gasteiger charge is -2.37. The first-order valence-corrected chi connectivity index (χ1v) is 5.54. The Kier molecular flexibility index (Phi) is 2.30. The monoisotopic (exact) mass is 196 g/mol. The maximum absolute atomic E-state index is 11.9. The lowest BCUT2D eigenvalue weighted by molar-refractivity contribution is -0.129. The van der Waals surface area contributed by atoms with E-state index in [0.29, 0.717) is 17.9 Å². The fourth-order valence-corrected chi connectivity index (χ4v) is 2.32. The summed E-state index contributed by atoms with van der Waals surface area (Å²) in [6.07, 6.45) is 2.16. The van der Waals surface area contributed by atoms with Crippen molar-refractivity contribution in [2.24, 2.45) is 11.3 Å². The largest absolute Gasteiger partial charge is 0.350 e. The van der Waals surface area contributed by atoms with E-state index in [9.17, 15) is 4.79 Å². The van der Waals surface area contributed by atoms with Crippen molar-refractivity contribution in [2.45, 2.75) is 32.7 Å². The van der Waals surface area contributed by atoms with E-state index in [4.69, 9.17) is 0 Å². The van der Waals surface area contributed by atoms with Crippen molar-refractivity contribution in [3.05, 3.63) is 0 Å². The van der Waals surface area contributed by atoms with Crippen molar-refractivity contribution in [1.29, 1.82) is 0 Å². The van der Waals surface area contributed by atoms with Gasteiger partial charge in [0.1, 0.15) is 0 Å². The minimum Gasteiger partial charge on any atom is -0.350 e. The molecule has 2 rings (SSSR count). The van der Waals surface area contributed by atoms with Crippen LogP contribution in [-0.4, -0.2) is 37.0 Å². The van der Waals surface area contributed by atoms with Gasteiger partial charge in [0.05, 0.1) is 11.5 Å². The first kappa shape index (κ1) is 9.97. The van der Waals surface area contributed by atoms with Gasteiger partial charge < -0.3 is 10.2 Å². The maximum atomic E-state index is 11.9. The first-order chi connectivity index (χ1) is 6.54. The summed E-state index contributed by atoms with van der Waals surface area (Å²) in [5, 5.41) is 3.15. The lowest BCUT2D eigenvalue weighted by Crippen LogP contribution is -2.59. The normalized spacial score (nSPS) is 26.0. The van der Waals surface area contributed by atoms with E-state index in [1.165, 1.54) is 0 Å². The Morgan fingerprint density at radius 3 is 2.36 bits per heavy atom. The molecule has 1 heterocycles. The molecule has 2 aliphatic rings. The molecule has 0 atom stereocenters. The fourth-order valence-electron chi connectivity index (χ4n) is 2.32. The van der Waals surface area contributed by atoms with Gasteiger partial charge in [-0.3, -0.25) is 4.79 Å². The molecule has 3 heteroatoms. The van der Waals surface area contributed by atoms with Gasteiger partial charge in [0.15, 0.2) is 0 Å². The van der Waals surface area contributed by atoms with Crippen molar-refractivity contribution in [3.8, 4) is 0 Å². The van der Waals surface area contributed by atoms with Crippen LogP contribution in [0.25, 0.3) is 0 Å². The van der Waals surface area contributed by atoms with Crippen LogP contribution < -0.4 is 5.32 Å². The number of likely N-dealkylation sites (N-methyl/N-ethyl adjacent to an activating group) is 1. The molecular formula is C11H20N2O. The first-order valence-electron chi connectivity index (χ1n) is 5.54. The molecule has 1 saturated carbocycles. The number of hydrogen-bond donors (Lipinski definition) is 1. The second-order valence-electron chi connectivity index (χ2n) is 5.20. The van der Waals surface area contributed by atoms with Gasteiger partial charge in [-0.25, -0.2) is 0 Å². The number of likely N-dealkylation sites (tertiary alicyclic amines) is 1. The van der Waals surface area contributed by atoms with Gasteiger partial charge in [0.25, 0.3) is 0 Å². The predicted octanol–water partition coefficient (Wildman–Crippen LogP) is 0.853. The summed E-state index contributed by atoms with van der Waals surface area (Å²) in [7, 11) is 2.08. The Morgan fingerprint density at radius 2 is 2.00 bits per heavy atom. The summed E-state index contributed by atoms with van der Waals surface area (Å²) >= 11 is 0. The predicted molar refractivity (Wildman–Crippen MR) is 55.9 cm³/mol. The highest BCUT2D eigenvalue weighted by molar-refractivity contribution is 5.85. The summed E-state index contributed by atoms with van der Waals surface area (Å²) in [6, 6.07) is 0.406. The Labute approximate surface area is 85.8 Å². The van der Waals surface area contributed by atoms with Crippen molar-refractivity contribution in [1.82, 2.24) is 10.2 Å². The van der Waals surface area contributed by atoms with Crippen molar-refractivity contribution in [2.75, 3.05) is 20.1 Å². The Bertz CT molecular complexity index is 240. The SMILES string of the molecule is CC(C)C1(C(=O)NC2CN(C)C2)CC1. The van der Waals surface area contributed by atoms with Crippen LogP contribution in [0.15, 0.2) is 0 Å². The summed E-state index contributed by atoms with van der Waals surface area (Å²) in [4.78, 5) is 14.2. The van der Waals surface area contributed by atoms with Crippen molar-refractivity contribution >= 4 is 5.91 Å². The third-order valence-corrected chi connectivity index (χ3v) is 3.75. The molecule has 1 aliphatic carbocycles. The molecule has 2 fully saturated rings. The molecule has 14 heavy (non-hydrogen) atoms. The van der Waals surface area contributed by atoms with Gasteiger partial charge in [-0.2, -0.15) is 0 Å². The topological polar surface area (TPSA) is 32.3 Å². The maximum Gasteiger partial charge on any atom is 0.226 e. The highest BCUT2D eigenvalue weighted by Gasteiger charge is 2.52. The van der Waals surface area contributed by atoms with E-state index in [-0.39, 0.29) is 5.41 Å². The highest BCUT2D eigenvalue weighted by Crippen LogP contribution is 2.52. The smallest absolute Gasteiger partial charge is 0.226 e. The van der Waals surface area contributed by atoms with Crippen LogP contribution in [0.1, 0.15) is 26.7 Å². The highest BCUT2D eigenvalue weighted by atomic mass is 16.2. The molecule has 0 aromatic heterocycles. The molecule has 1 aliphatic heterocycles. The molecule has 1 amide bonds. The van der Waals surface area contributed by atoms with E-state index in [0.717, 1.165) is 25.9 Å². The standard InChI is InChI=1S/C11H20N2O/c1-8(2)11(4-5-11)10(14)12-9-6-13(3)7-9/h8-9H,4-7H2,1-3H3,(H,12,14). The van der Waals surface area contributed by atoms with E-state index in [1.807, 2.05) is 0 Å². The zero-order chi connectivity index (χ0) is 10.3. The zero-order valence-corrected chi connectivity index (χ0v) is 9.34. The van der Waals surface area contributed by atoms with Crippen LogP contribution in [0.3, 0.4) is 0 Å². The van der Waals surface area contributed by atoms with Gasteiger partial charge in [0, 0.05) is 13.1 Å². The van der Waals surface area contributed by atoms with E-state index < -0.39 is 0 Å². The minimum atomic E-state index is -0.00579. The molecule has 0 aromatic rings. The van der Waals surface area contributed by atoms with Crippen molar-refractivity contribution < 1.29 is 4.79 Å². The molecule has 0 unspecified atom stereocenters. The molecule has 1 saturated heterocycles. The van der Waals surface area contributed by atoms with Gasteiger partial charge >= 0.3 is 0 Å². The third-order valence-electron chi connectivity index (χ3n) is 3.75. The van der Waals surface area contributed by atoms with Gasteiger partial charge in [-0.1, -0.05) is 13.8 Å². The second kappa shape index (κ2) is 3.23. The van der Waals surface area contributed by atoms with Crippen LogP contribution in [0.4, 0.5) is 0 Å².